The van der Waals surface area contributed by atoms with Gasteiger partial charge >= 0.3 is 11.8 Å². The Hall–Kier alpha value is -2.26. The van der Waals surface area contributed by atoms with Crippen LogP contribution in [0.25, 0.3) is 10.1 Å². The highest BCUT2D eigenvalue weighted by Gasteiger charge is 2.28. The fourth-order valence-corrected chi connectivity index (χ4v) is 3.40. The number of fused-ring (bicyclic) bond motifs is 1. The Balaban J connectivity index is 2.56. The van der Waals surface area contributed by atoms with E-state index >= 15 is 0 Å². The van der Waals surface area contributed by atoms with Gasteiger partial charge in [-0.15, -0.1) is 0 Å². The number of nitro benzene ring substituents is 1. The highest BCUT2D eigenvalue weighted by molar-refractivity contribution is 7.22. The van der Waals surface area contributed by atoms with Crippen LogP contribution in [0.5, 0.6) is 16.6 Å². The quantitative estimate of drug-likeness (QED) is 0.488. The summed E-state index contributed by atoms with van der Waals surface area (Å²) in [5.41, 5.74) is -0.683. The van der Waals surface area contributed by atoms with Crippen LogP contribution in [0, 0.1) is 10.1 Å². The zero-order valence-corrected chi connectivity index (χ0v) is 13.8. The predicted molar refractivity (Wildman–Crippen MR) is 85.8 cm³/mol. The third-order valence-electron chi connectivity index (χ3n) is 3.20. The number of hydrogen-bond acceptors (Lipinski definition) is 7. The Morgan fingerprint density at radius 1 is 1.43 bits per heavy atom. The number of nitrogens with zero attached hydrogens (tertiary/aromatic N) is 2. The number of thiophene rings is 1. The Morgan fingerprint density at radius 2 is 2.04 bits per heavy atom. The van der Waals surface area contributed by atoms with E-state index < -0.39 is 28.2 Å². The Bertz CT molecular complexity index is 787. The van der Waals surface area contributed by atoms with Gasteiger partial charge in [0.1, 0.15) is 9.72 Å². The van der Waals surface area contributed by atoms with Gasteiger partial charge in [-0.25, -0.2) is 4.79 Å². The van der Waals surface area contributed by atoms with Gasteiger partial charge in [-0.05, 0) is 19.9 Å². The van der Waals surface area contributed by atoms with E-state index in [2.05, 4.69) is 0 Å². The number of phenolic OH excluding ortho intramolecular Hbond substituents is 2. The average Bonchev–Trinajstić information content (AvgIpc) is 2.77. The first-order valence-electron chi connectivity index (χ1n) is 6.59. The molecule has 0 radical (unpaired) electrons. The zero-order valence-electron chi connectivity index (χ0n) is 12.2. The van der Waals surface area contributed by atoms with Crippen LogP contribution in [0.15, 0.2) is 6.07 Å². The molecule has 23 heavy (non-hydrogen) atoms. The molecule has 2 N–H and O–H groups in total. The van der Waals surface area contributed by atoms with E-state index in [-0.39, 0.29) is 20.2 Å². The number of amides is 1. The van der Waals surface area contributed by atoms with Gasteiger partial charge in [-0.3, -0.25) is 10.1 Å². The molecule has 0 spiro atoms. The zero-order chi connectivity index (χ0) is 17.3. The molecule has 1 heterocycles. The first kappa shape index (κ1) is 17.1. The van der Waals surface area contributed by atoms with Crippen molar-refractivity contribution in [1.29, 1.82) is 0 Å². The van der Waals surface area contributed by atoms with Crippen molar-refractivity contribution in [1.82, 2.24) is 4.90 Å². The normalized spacial score (nSPS) is 10.7. The van der Waals surface area contributed by atoms with Crippen LogP contribution in [0.3, 0.4) is 0 Å². The Kier molecular flexibility index (Phi) is 4.81. The molecule has 0 bridgehead atoms. The maximum Gasteiger partial charge on any atom is 0.416 e. The third-order valence-corrected chi connectivity index (χ3v) is 4.78. The summed E-state index contributed by atoms with van der Waals surface area (Å²) < 4.78 is 5.19. The second-order valence-corrected chi connectivity index (χ2v) is 5.83. The summed E-state index contributed by atoms with van der Waals surface area (Å²) in [6.45, 7) is 4.41. The summed E-state index contributed by atoms with van der Waals surface area (Å²) in [6.07, 6.45) is -0.639. The number of halogens is 1. The van der Waals surface area contributed by atoms with Gasteiger partial charge < -0.3 is 19.8 Å². The molecule has 0 unspecified atom stereocenters. The van der Waals surface area contributed by atoms with Crippen molar-refractivity contribution in [2.75, 3.05) is 13.1 Å². The molecule has 1 amide bonds. The molecule has 124 valence electrons. The molecule has 1 aromatic heterocycles. The Morgan fingerprint density at radius 3 is 2.57 bits per heavy atom. The van der Waals surface area contributed by atoms with Crippen LogP contribution in [-0.4, -0.2) is 39.2 Å². The van der Waals surface area contributed by atoms with Crippen molar-refractivity contribution >= 4 is 44.8 Å². The SMILES string of the molecule is CCN(CC)C(=O)Oc1sc2c([N+](=O)[O-])c(O)c(O)cc2c1Cl. The van der Waals surface area contributed by atoms with E-state index in [9.17, 15) is 25.1 Å². The van der Waals surface area contributed by atoms with Crippen molar-refractivity contribution in [3.05, 3.63) is 21.2 Å². The lowest BCUT2D eigenvalue weighted by Crippen LogP contribution is -2.32. The molecular formula is C13H13ClN2O6S. The van der Waals surface area contributed by atoms with Gasteiger partial charge in [0.2, 0.25) is 10.8 Å². The van der Waals surface area contributed by atoms with E-state index in [1.807, 2.05) is 0 Å². The molecule has 1 aromatic carbocycles. The van der Waals surface area contributed by atoms with Crippen LogP contribution >= 0.6 is 22.9 Å². The number of aromatic hydroxyl groups is 2. The van der Waals surface area contributed by atoms with Crippen molar-refractivity contribution in [2.45, 2.75) is 13.8 Å². The number of carbonyl (C=O) groups is 1. The summed E-state index contributed by atoms with van der Waals surface area (Å²) in [7, 11) is 0. The van der Waals surface area contributed by atoms with Crippen LogP contribution in [0.2, 0.25) is 5.02 Å². The van der Waals surface area contributed by atoms with Gasteiger partial charge in [0.25, 0.3) is 0 Å². The van der Waals surface area contributed by atoms with Gasteiger partial charge in [0, 0.05) is 18.5 Å². The van der Waals surface area contributed by atoms with Crippen molar-refractivity contribution in [3.63, 3.8) is 0 Å². The van der Waals surface area contributed by atoms with Crippen molar-refractivity contribution in [3.8, 4) is 16.6 Å². The molecule has 0 saturated heterocycles. The monoisotopic (exact) mass is 360 g/mol. The maximum atomic E-state index is 12.0. The molecule has 0 aliphatic rings. The van der Waals surface area contributed by atoms with Crippen LogP contribution in [-0.2, 0) is 0 Å². The highest BCUT2D eigenvalue weighted by Crippen LogP contribution is 2.51. The smallest absolute Gasteiger partial charge is 0.416 e. The molecule has 0 fully saturated rings. The van der Waals surface area contributed by atoms with Crippen molar-refractivity contribution < 1.29 is 24.7 Å². The summed E-state index contributed by atoms with van der Waals surface area (Å²) in [4.78, 5) is 23.7. The highest BCUT2D eigenvalue weighted by atomic mass is 35.5. The number of ether oxygens (including phenoxy) is 1. The molecule has 0 aliphatic carbocycles. The topological polar surface area (TPSA) is 113 Å². The van der Waals surface area contributed by atoms with Gasteiger partial charge in [-0.1, -0.05) is 22.9 Å². The second-order valence-electron chi connectivity index (χ2n) is 4.47. The minimum Gasteiger partial charge on any atom is -0.504 e. The number of carbonyl (C=O) groups excluding carboxylic acids is 1. The maximum absolute atomic E-state index is 12.0. The van der Waals surface area contributed by atoms with Gasteiger partial charge in [0.15, 0.2) is 5.75 Å². The minimum atomic E-state index is -0.859. The Labute approximate surface area is 139 Å². The molecule has 8 nitrogen and oxygen atoms in total. The van der Waals surface area contributed by atoms with E-state index in [0.717, 1.165) is 17.4 Å². The van der Waals surface area contributed by atoms with E-state index in [1.54, 1.807) is 13.8 Å². The fourth-order valence-electron chi connectivity index (χ4n) is 2.00. The van der Waals surface area contributed by atoms with E-state index in [4.69, 9.17) is 16.3 Å². The summed E-state index contributed by atoms with van der Waals surface area (Å²) in [6, 6.07) is 1.09. The fraction of sp³-hybridized carbons (Fsp3) is 0.308. The lowest BCUT2D eigenvalue weighted by atomic mass is 10.2. The number of hydrogen-bond donors (Lipinski definition) is 2. The number of nitro groups is 1. The average molecular weight is 361 g/mol. The molecular weight excluding hydrogens is 348 g/mol. The second kappa shape index (κ2) is 6.47. The van der Waals surface area contributed by atoms with Gasteiger partial charge in [-0.2, -0.15) is 0 Å². The standard InChI is InChI=1S/C13H13ClN2O6S/c1-3-15(4-2)13(19)22-12-8(14)6-5-7(17)10(18)9(16(20)21)11(6)23-12/h5,17-18H,3-4H2,1-2H3. The predicted octanol–water partition coefficient (Wildman–Crippen LogP) is 3.71. The molecule has 2 rings (SSSR count). The minimum absolute atomic E-state index is 0.0117. The first-order valence-corrected chi connectivity index (χ1v) is 7.79. The molecule has 2 aromatic rings. The van der Waals surface area contributed by atoms with E-state index in [1.165, 1.54) is 4.90 Å². The molecule has 10 heteroatoms. The number of benzene rings is 1. The van der Waals surface area contributed by atoms with Crippen LogP contribution < -0.4 is 4.74 Å². The largest absolute Gasteiger partial charge is 0.504 e. The first-order chi connectivity index (χ1) is 10.8. The van der Waals surface area contributed by atoms with Crippen molar-refractivity contribution in [2.24, 2.45) is 0 Å². The summed E-state index contributed by atoms with van der Waals surface area (Å²) >= 11 is 6.85. The number of phenols is 2. The lowest BCUT2D eigenvalue weighted by molar-refractivity contribution is -0.383. The summed E-state index contributed by atoms with van der Waals surface area (Å²) in [5, 5.41) is 30.4. The van der Waals surface area contributed by atoms with Gasteiger partial charge in [0.05, 0.1) is 4.92 Å². The van der Waals surface area contributed by atoms with Crippen LogP contribution in [0.4, 0.5) is 10.5 Å². The summed E-state index contributed by atoms with van der Waals surface area (Å²) in [5.74, 6) is -1.53. The lowest BCUT2D eigenvalue weighted by Gasteiger charge is -2.17. The molecule has 0 saturated carbocycles. The number of rotatable bonds is 4. The van der Waals surface area contributed by atoms with E-state index in [0.29, 0.717) is 13.1 Å². The molecule has 0 aliphatic heterocycles. The van der Waals surface area contributed by atoms with Crippen LogP contribution in [0.1, 0.15) is 13.8 Å². The molecule has 0 atom stereocenters. The third kappa shape index (κ3) is 2.97.